The van der Waals surface area contributed by atoms with E-state index in [4.69, 9.17) is 23.2 Å². The molecule has 1 nitrogen and oxygen atoms in total. The molecule has 0 aromatic heterocycles. The van der Waals surface area contributed by atoms with Gasteiger partial charge in [-0.25, -0.2) is 0 Å². The van der Waals surface area contributed by atoms with Crippen molar-refractivity contribution in [3.63, 3.8) is 0 Å². The van der Waals surface area contributed by atoms with Crippen LogP contribution in [0, 0.1) is 0 Å². The first kappa shape index (κ1) is 12.8. The van der Waals surface area contributed by atoms with Crippen LogP contribution in [0.4, 0.5) is 0 Å². The van der Waals surface area contributed by atoms with Gasteiger partial charge >= 0.3 is 0 Å². The van der Waals surface area contributed by atoms with Gasteiger partial charge in [0.2, 0.25) is 0 Å². The van der Waals surface area contributed by atoms with Crippen molar-refractivity contribution >= 4 is 23.2 Å². The standard InChI is InChI=1S/C12H17Cl2N/c1-3-7-15-12(4-2)9-5-6-10(13)11(14)8-9/h5-6,8,12,15H,3-4,7H2,1-2H3. The molecule has 15 heavy (non-hydrogen) atoms. The molecule has 0 amide bonds. The first-order valence-corrected chi connectivity index (χ1v) is 6.13. The predicted molar refractivity (Wildman–Crippen MR) is 67.8 cm³/mol. The molecule has 1 atom stereocenters. The van der Waals surface area contributed by atoms with Gasteiger partial charge in [-0.15, -0.1) is 0 Å². The molecular formula is C12H17Cl2N. The highest BCUT2D eigenvalue weighted by atomic mass is 35.5. The molecule has 0 aliphatic heterocycles. The third-order valence-corrected chi connectivity index (χ3v) is 3.13. The average molecular weight is 246 g/mol. The minimum absolute atomic E-state index is 0.375. The molecule has 0 heterocycles. The van der Waals surface area contributed by atoms with Crippen LogP contribution in [0.1, 0.15) is 38.3 Å². The second-order valence-electron chi connectivity index (χ2n) is 3.59. The maximum Gasteiger partial charge on any atom is 0.0595 e. The normalized spacial score (nSPS) is 12.8. The average Bonchev–Trinajstić information content (AvgIpc) is 2.24. The number of hydrogen-bond acceptors (Lipinski definition) is 1. The molecule has 0 spiro atoms. The molecule has 0 aliphatic rings. The molecule has 1 aromatic rings. The number of benzene rings is 1. The van der Waals surface area contributed by atoms with Gasteiger partial charge in [-0.1, -0.05) is 43.1 Å². The molecule has 0 saturated heterocycles. The summed E-state index contributed by atoms with van der Waals surface area (Å²) in [6, 6.07) is 6.21. The van der Waals surface area contributed by atoms with E-state index < -0.39 is 0 Å². The van der Waals surface area contributed by atoms with E-state index in [9.17, 15) is 0 Å². The molecule has 0 bridgehead atoms. The van der Waals surface area contributed by atoms with Crippen LogP contribution in [0.5, 0.6) is 0 Å². The van der Waals surface area contributed by atoms with Gasteiger partial charge in [-0.2, -0.15) is 0 Å². The van der Waals surface area contributed by atoms with E-state index in [1.54, 1.807) is 0 Å². The van der Waals surface area contributed by atoms with Crippen LogP contribution in [-0.4, -0.2) is 6.54 Å². The fourth-order valence-corrected chi connectivity index (χ4v) is 1.85. The molecule has 1 aromatic carbocycles. The fourth-order valence-electron chi connectivity index (χ4n) is 1.55. The third kappa shape index (κ3) is 3.67. The smallest absolute Gasteiger partial charge is 0.0595 e. The summed E-state index contributed by atoms with van der Waals surface area (Å²) in [5.41, 5.74) is 1.21. The molecular weight excluding hydrogens is 229 g/mol. The SMILES string of the molecule is CCCNC(CC)c1ccc(Cl)c(Cl)c1. The Morgan fingerprint density at radius 2 is 1.93 bits per heavy atom. The second kappa shape index (κ2) is 6.37. The van der Waals surface area contributed by atoms with Crippen molar-refractivity contribution in [2.24, 2.45) is 0 Å². The van der Waals surface area contributed by atoms with E-state index in [0.717, 1.165) is 19.4 Å². The molecule has 0 fully saturated rings. The van der Waals surface area contributed by atoms with E-state index in [1.807, 2.05) is 18.2 Å². The van der Waals surface area contributed by atoms with Crippen LogP contribution < -0.4 is 5.32 Å². The van der Waals surface area contributed by atoms with Gasteiger partial charge in [0.1, 0.15) is 0 Å². The van der Waals surface area contributed by atoms with E-state index in [1.165, 1.54) is 5.56 Å². The monoisotopic (exact) mass is 245 g/mol. The summed E-state index contributed by atoms with van der Waals surface area (Å²) in [6.45, 7) is 5.35. The summed E-state index contributed by atoms with van der Waals surface area (Å²) in [4.78, 5) is 0. The minimum Gasteiger partial charge on any atom is -0.310 e. The number of nitrogens with one attached hydrogen (secondary N) is 1. The molecule has 0 saturated carbocycles. The van der Waals surface area contributed by atoms with Crippen LogP contribution in [0.3, 0.4) is 0 Å². The van der Waals surface area contributed by atoms with Crippen molar-refractivity contribution in [2.75, 3.05) is 6.54 Å². The van der Waals surface area contributed by atoms with E-state index >= 15 is 0 Å². The van der Waals surface area contributed by atoms with E-state index in [0.29, 0.717) is 16.1 Å². The Balaban J connectivity index is 2.78. The third-order valence-electron chi connectivity index (χ3n) is 2.40. The highest BCUT2D eigenvalue weighted by Gasteiger charge is 2.09. The number of rotatable bonds is 5. The predicted octanol–water partition coefficient (Wildman–Crippen LogP) is 4.44. The second-order valence-corrected chi connectivity index (χ2v) is 4.40. The molecule has 3 heteroatoms. The highest BCUT2D eigenvalue weighted by Crippen LogP contribution is 2.26. The first-order chi connectivity index (χ1) is 7.19. The summed E-state index contributed by atoms with van der Waals surface area (Å²) in [5.74, 6) is 0. The first-order valence-electron chi connectivity index (χ1n) is 5.37. The van der Waals surface area contributed by atoms with Crippen molar-refractivity contribution in [3.05, 3.63) is 33.8 Å². The van der Waals surface area contributed by atoms with Crippen LogP contribution in [0.2, 0.25) is 10.0 Å². The topological polar surface area (TPSA) is 12.0 Å². The Labute approximate surface area is 102 Å². The van der Waals surface area contributed by atoms with Crippen LogP contribution in [-0.2, 0) is 0 Å². The molecule has 1 unspecified atom stereocenters. The zero-order valence-electron chi connectivity index (χ0n) is 9.19. The van der Waals surface area contributed by atoms with Crippen molar-refractivity contribution in [1.29, 1.82) is 0 Å². The van der Waals surface area contributed by atoms with Crippen LogP contribution in [0.25, 0.3) is 0 Å². The molecule has 0 radical (unpaired) electrons. The summed E-state index contributed by atoms with van der Waals surface area (Å²) in [5, 5.41) is 4.73. The Bertz CT molecular complexity index is 312. The van der Waals surface area contributed by atoms with E-state index in [2.05, 4.69) is 19.2 Å². The Morgan fingerprint density at radius 1 is 1.20 bits per heavy atom. The lowest BCUT2D eigenvalue weighted by atomic mass is 10.0. The van der Waals surface area contributed by atoms with Crippen molar-refractivity contribution < 1.29 is 0 Å². The Kier molecular flexibility index (Phi) is 5.44. The summed E-state index contributed by atoms with van der Waals surface area (Å²) in [6.07, 6.45) is 2.19. The van der Waals surface area contributed by atoms with Crippen LogP contribution >= 0.6 is 23.2 Å². The van der Waals surface area contributed by atoms with Gasteiger partial charge in [0, 0.05) is 6.04 Å². The maximum absolute atomic E-state index is 5.99. The van der Waals surface area contributed by atoms with Crippen molar-refractivity contribution in [2.45, 2.75) is 32.7 Å². The zero-order chi connectivity index (χ0) is 11.3. The number of halogens is 2. The van der Waals surface area contributed by atoms with Crippen LogP contribution in [0.15, 0.2) is 18.2 Å². The summed E-state index contributed by atoms with van der Waals surface area (Å²) in [7, 11) is 0. The molecule has 0 aliphatic carbocycles. The number of hydrogen-bond donors (Lipinski definition) is 1. The van der Waals surface area contributed by atoms with Crippen molar-refractivity contribution in [3.8, 4) is 0 Å². The summed E-state index contributed by atoms with van der Waals surface area (Å²) >= 11 is 11.9. The molecule has 84 valence electrons. The maximum atomic E-state index is 5.99. The highest BCUT2D eigenvalue weighted by molar-refractivity contribution is 6.42. The fraction of sp³-hybridized carbons (Fsp3) is 0.500. The quantitative estimate of drug-likeness (QED) is 0.809. The van der Waals surface area contributed by atoms with Gasteiger partial charge in [0.25, 0.3) is 0 Å². The lowest BCUT2D eigenvalue weighted by molar-refractivity contribution is 0.518. The van der Waals surface area contributed by atoms with Gasteiger partial charge in [0.05, 0.1) is 10.0 Å². The van der Waals surface area contributed by atoms with Gasteiger partial charge < -0.3 is 5.32 Å². The molecule has 1 rings (SSSR count). The lowest BCUT2D eigenvalue weighted by Crippen LogP contribution is -2.21. The largest absolute Gasteiger partial charge is 0.310 e. The zero-order valence-corrected chi connectivity index (χ0v) is 10.7. The van der Waals surface area contributed by atoms with Gasteiger partial charge in [-0.3, -0.25) is 0 Å². The minimum atomic E-state index is 0.375. The summed E-state index contributed by atoms with van der Waals surface area (Å²) < 4.78 is 0. The Hall–Kier alpha value is -0.240. The van der Waals surface area contributed by atoms with E-state index in [-0.39, 0.29) is 0 Å². The van der Waals surface area contributed by atoms with Gasteiger partial charge in [0.15, 0.2) is 0 Å². The lowest BCUT2D eigenvalue weighted by Gasteiger charge is -2.17. The van der Waals surface area contributed by atoms with Gasteiger partial charge in [-0.05, 0) is 37.1 Å². The molecule has 1 N–H and O–H groups in total. The Morgan fingerprint density at radius 3 is 2.47 bits per heavy atom. The van der Waals surface area contributed by atoms with Crippen molar-refractivity contribution in [1.82, 2.24) is 5.32 Å².